The van der Waals surface area contributed by atoms with Gasteiger partial charge in [0.25, 0.3) is 6.15 Å². The minimum Gasteiger partial charge on any atom is -0.843 e. The quantitative estimate of drug-likeness (QED) is 0.127. The first-order valence-corrected chi connectivity index (χ1v) is 20.9. The number of Topliss-reactive ketones (excluding diaryl/α,β-unsaturated/α-hetero) is 1. The molecule has 315 valence electrons. The van der Waals surface area contributed by atoms with E-state index in [0.29, 0.717) is 37.2 Å². The number of ketones is 1. The van der Waals surface area contributed by atoms with E-state index in [4.69, 9.17) is 29.2 Å². The van der Waals surface area contributed by atoms with Gasteiger partial charge in [-0.05, 0) is 76.7 Å². The Bertz CT molecular complexity index is 1890. The molecule has 0 amide bonds. The van der Waals surface area contributed by atoms with Gasteiger partial charge in [-0.2, -0.15) is 5.46 Å². The standard InChI is InChI=1S/C23H21O2.C21H29BN3O3.C5H12.Co/c24-22(16-19-10-4-1-5-11-19)23(25,17-20-12-6-2-7-13-20)18-21-14-8-3-9-15-21;1-19(2)12-26-16(23-19)22(15-10-8-7-9-11-15,17-24-20(3,4)13-27-17)18-25-21(5,6)14-28-18;1-3-5-4-2;/h1-15H,16-18H2;7-11H,12-14H2,1-6H3;3-5H2,1-2H3;/q2*-1;;+2. The molecule has 4 aromatic carbocycles. The zero-order chi connectivity index (χ0) is 41.9. The number of ether oxygens (including phenoxy) is 3. The van der Waals surface area contributed by atoms with Crippen LogP contribution in [0.25, 0.3) is 0 Å². The molecule has 0 saturated carbocycles. The Balaban J connectivity index is 0.000000232. The van der Waals surface area contributed by atoms with Crippen LogP contribution in [-0.4, -0.2) is 71.4 Å². The van der Waals surface area contributed by atoms with Crippen molar-refractivity contribution in [3.63, 3.8) is 0 Å². The molecular formula is C49H62BCoN3O5. The Kier molecular flexibility index (Phi) is 16.5. The van der Waals surface area contributed by atoms with Crippen molar-refractivity contribution in [3.8, 4) is 0 Å². The van der Waals surface area contributed by atoms with E-state index in [-0.39, 0.29) is 58.4 Å². The van der Waals surface area contributed by atoms with Crippen LogP contribution < -0.4 is 10.6 Å². The summed E-state index contributed by atoms with van der Waals surface area (Å²) in [5, 5.41) is 13.6. The smallest absolute Gasteiger partial charge is 0.843 e. The average molecular weight is 843 g/mol. The molecule has 3 heterocycles. The number of unbranched alkanes of at least 4 members (excludes halogenated alkanes) is 2. The predicted molar refractivity (Wildman–Crippen MR) is 238 cm³/mol. The first-order valence-electron chi connectivity index (χ1n) is 20.9. The molecule has 3 aliphatic heterocycles. The maximum atomic E-state index is 13.6. The van der Waals surface area contributed by atoms with Gasteiger partial charge >= 0.3 is 16.8 Å². The van der Waals surface area contributed by atoms with Gasteiger partial charge in [0.05, 0.1) is 16.6 Å². The summed E-state index contributed by atoms with van der Waals surface area (Å²) >= 11 is 0. The summed E-state index contributed by atoms with van der Waals surface area (Å²) < 4.78 is 18.6. The summed E-state index contributed by atoms with van der Waals surface area (Å²) in [6.45, 7) is 18.3. The number of rotatable bonds is 13. The molecular weight excluding hydrogens is 780 g/mol. The zero-order valence-corrected chi connectivity index (χ0v) is 37.2. The number of aliphatic imine (C=N–C) groups is 3. The van der Waals surface area contributed by atoms with Crippen molar-refractivity contribution in [2.75, 3.05) is 19.8 Å². The van der Waals surface area contributed by atoms with E-state index in [1.807, 2.05) is 109 Å². The van der Waals surface area contributed by atoms with Gasteiger partial charge in [0.1, 0.15) is 25.6 Å². The van der Waals surface area contributed by atoms with Crippen molar-refractivity contribution in [1.29, 1.82) is 0 Å². The second-order valence-electron chi connectivity index (χ2n) is 17.7. The fourth-order valence-electron chi connectivity index (χ4n) is 7.40. The molecule has 0 aliphatic carbocycles. The van der Waals surface area contributed by atoms with Crippen molar-refractivity contribution < 1.29 is 40.9 Å². The third-order valence-electron chi connectivity index (χ3n) is 10.5. The van der Waals surface area contributed by atoms with E-state index in [1.54, 1.807) is 0 Å². The van der Waals surface area contributed by atoms with Gasteiger partial charge in [0.2, 0.25) is 0 Å². The molecule has 59 heavy (non-hydrogen) atoms. The third kappa shape index (κ3) is 12.5. The monoisotopic (exact) mass is 842 g/mol. The van der Waals surface area contributed by atoms with Crippen LogP contribution in [-0.2, 0) is 55.0 Å². The average Bonchev–Trinajstić information content (AvgIpc) is 3.89. The first-order chi connectivity index (χ1) is 27.6. The number of carbonyl (C=O) groups is 1. The van der Waals surface area contributed by atoms with Crippen LogP contribution in [0.15, 0.2) is 136 Å². The van der Waals surface area contributed by atoms with Gasteiger partial charge in [0.15, 0.2) is 0 Å². The zero-order valence-electron chi connectivity index (χ0n) is 36.2. The van der Waals surface area contributed by atoms with Crippen LogP contribution >= 0.6 is 0 Å². The molecule has 3 aliphatic rings. The molecule has 0 saturated heterocycles. The van der Waals surface area contributed by atoms with Crippen LogP contribution in [0.4, 0.5) is 0 Å². The van der Waals surface area contributed by atoms with Gasteiger partial charge in [-0.15, -0.1) is 0 Å². The molecule has 10 heteroatoms. The summed E-state index contributed by atoms with van der Waals surface area (Å²) in [5.74, 6) is 1.55. The largest absolute Gasteiger partial charge is 2.00 e. The van der Waals surface area contributed by atoms with E-state index in [0.717, 1.165) is 22.2 Å². The number of benzene rings is 4. The summed E-state index contributed by atoms with van der Waals surface area (Å²) in [7, 11) is 0. The molecule has 0 atom stereocenters. The van der Waals surface area contributed by atoms with Crippen molar-refractivity contribution >= 4 is 34.8 Å². The SMILES string of the molecule is CC1(C)COC([B-](C2=NC(C)(C)CO2)(C2=NC(C)(C)CO2)c2ccccc2)=N1.CCCCC.O=C(Cc1ccccc1)C([O-])(Cc1ccccc1)Cc1ccccc1.[Co+2]. The van der Waals surface area contributed by atoms with Crippen LogP contribution in [0, 0.1) is 0 Å². The molecule has 0 aromatic heterocycles. The minimum absolute atomic E-state index is 0. The summed E-state index contributed by atoms with van der Waals surface area (Å²) in [4.78, 5) is 27.8. The molecule has 1 radical (unpaired) electrons. The Morgan fingerprint density at radius 2 is 0.898 bits per heavy atom. The molecule has 8 nitrogen and oxygen atoms in total. The van der Waals surface area contributed by atoms with Crippen LogP contribution in [0.2, 0.25) is 0 Å². The van der Waals surface area contributed by atoms with Gasteiger partial charge < -0.3 is 24.1 Å². The second kappa shape index (κ2) is 20.6. The molecule has 0 fully saturated rings. The second-order valence-corrected chi connectivity index (χ2v) is 17.7. The van der Waals surface area contributed by atoms with Gasteiger partial charge in [-0.3, -0.25) is 15.0 Å². The van der Waals surface area contributed by atoms with E-state index in [2.05, 4.69) is 67.5 Å². The van der Waals surface area contributed by atoms with Crippen molar-refractivity contribution in [2.24, 2.45) is 15.0 Å². The summed E-state index contributed by atoms with van der Waals surface area (Å²) in [6, 6.07) is 38.7. The molecule has 7 rings (SSSR count). The van der Waals surface area contributed by atoms with Crippen LogP contribution in [0.3, 0.4) is 0 Å². The van der Waals surface area contributed by atoms with E-state index < -0.39 is 11.7 Å². The molecule has 0 unspecified atom stereocenters. The van der Waals surface area contributed by atoms with Gasteiger partial charge in [-0.25, -0.2) is 0 Å². The number of hydrogen-bond acceptors (Lipinski definition) is 8. The Labute approximate surface area is 363 Å². The van der Waals surface area contributed by atoms with Crippen LogP contribution in [0.5, 0.6) is 0 Å². The Morgan fingerprint density at radius 1 is 0.576 bits per heavy atom. The minimum atomic E-state index is -1.93. The topological polar surface area (TPSA) is 105 Å². The van der Waals surface area contributed by atoms with E-state index in [1.165, 1.54) is 19.3 Å². The molecule has 0 spiro atoms. The molecule has 0 N–H and O–H groups in total. The fraction of sp³-hybridized carbons (Fsp3) is 0.429. The Morgan fingerprint density at radius 3 is 1.19 bits per heavy atom. The number of hydrogen-bond donors (Lipinski definition) is 0. The Hall–Kier alpha value is -4.51. The van der Waals surface area contributed by atoms with E-state index in [9.17, 15) is 9.90 Å². The van der Waals surface area contributed by atoms with Gasteiger partial charge in [0, 0.05) is 23.8 Å². The maximum absolute atomic E-state index is 13.6. The van der Waals surface area contributed by atoms with Crippen LogP contribution in [0.1, 0.15) is 91.3 Å². The van der Waals surface area contributed by atoms with Crippen molar-refractivity contribution in [1.82, 2.24) is 0 Å². The first kappa shape index (κ1) is 47.2. The van der Waals surface area contributed by atoms with Crippen molar-refractivity contribution in [2.45, 2.75) is 116 Å². The summed E-state index contributed by atoms with van der Waals surface area (Å²) in [5.41, 5.74) is 1.05. The number of carbonyl (C=O) groups excluding carboxylic acids is 1. The van der Waals surface area contributed by atoms with Crippen molar-refractivity contribution in [3.05, 3.63) is 138 Å². The maximum Gasteiger partial charge on any atom is 2.00 e. The summed E-state index contributed by atoms with van der Waals surface area (Å²) in [6.07, 6.45) is 2.72. The molecule has 4 aromatic rings. The third-order valence-corrected chi connectivity index (χ3v) is 10.5. The fourth-order valence-corrected chi connectivity index (χ4v) is 7.40. The normalized spacial score (nSPS) is 17.1. The number of nitrogens with zero attached hydrogens (tertiary/aromatic N) is 3. The predicted octanol–water partition coefficient (Wildman–Crippen LogP) is 8.16. The molecule has 0 bridgehead atoms. The van der Waals surface area contributed by atoms with E-state index >= 15 is 0 Å². The van der Waals surface area contributed by atoms with Gasteiger partial charge in [-0.1, -0.05) is 154 Å².